The lowest BCUT2D eigenvalue weighted by atomic mass is 9.88. The SMILES string of the molecule is Cc1nc(Br)cc(NC2CCCc3ccccc32)n1. The molecule has 0 fully saturated rings. The maximum Gasteiger partial charge on any atom is 0.131 e. The largest absolute Gasteiger partial charge is 0.363 e. The molecule has 2 aromatic rings. The molecule has 0 saturated heterocycles. The number of aryl methyl sites for hydroxylation is 2. The van der Waals surface area contributed by atoms with Gasteiger partial charge < -0.3 is 5.32 Å². The summed E-state index contributed by atoms with van der Waals surface area (Å²) in [7, 11) is 0. The minimum Gasteiger partial charge on any atom is -0.363 e. The Kier molecular flexibility index (Phi) is 3.51. The van der Waals surface area contributed by atoms with Crippen molar-refractivity contribution in [3.05, 3.63) is 51.9 Å². The third-order valence-corrected chi connectivity index (χ3v) is 3.90. The third kappa shape index (κ3) is 2.78. The van der Waals surface area contributed by atoms with Gasteiger partial charge in [0.2, 0.25) is 0 Å². The van der Waals surface area contributed by atoms with Crippen LogP contribution < -0.4 is 5.32 Å². The van der Waals surface area contributed by atoms with Gasteiger partial charge in [-0.25, -0.2) is 9.97 Å². The van der Waals surface area contributed by atoms with E-state index in [0.717, 1.165) is 22.7 Å². The number of aromatic nitrogens is 2. The summed E-state index contributed by atoms with van der Waals surface area (Å²) in [6.07, 6.45) is 3.55. The van der Waals surface area contributed by atoms with Gasteiger partial charge in [0.1, 0.15) is 16.2 Å². The minimum atomic E-state index is 0.353. The Morgan fingerprint density at radius 3 is 2.95 bits per heavy atom. The maximum absolute atomic E-state index is 4.45. The van der Waals surface area contributed by atoms with Crippen LogP contribution in [0.4, 0.5) is 5.82 Å². The molecule has 1 N–H and O–H groups in total. The predicted molar refractivity (Wildman–Crippen MR) is 80.2 cm³/mol. The molecule has 19 heavy (non-hydrogen) atoms. The summed E-state index contributed by atoms with van der Waals surface area (Å²) >= 11 is 3.42. The zero-order valence-corrected chi connectivity index (χ0v) is 12.4. The van der Waals surface area contributed by atoms with Gasteiger partial charge in [0, 0.05) is 6.07 Å². The van der Waals surface area contributed by atoms with Crippen LogP contribution in [0, 0.1) is 6.92 Å². The van der Waals surface area contributed by atoms with Crippen molar-refractivity contribution in [1.82, 2.24) is 9.97 Å². The first-order valence-electron chi connectivity index (χ1n) is 6.58. The van der Waals surface area contributed by atoms with E-state index in [9.17, 15) is 0 Å². The summed E-state index contributed by atoms with van der Waals surface area (Å²) in [5.74, 6) is 1.67. The third-order valence-electron chi connectivity index (χ3n) is 3.50. The highest BCUT2D eigenvalue weighted by Crippen LogP contribution is 2.32. The monoisotopic (exact) mass is 317 g/mol. The molecule has 1 aliphatic rings. The highest BCUT2D eigenvalue weighted by Gasteiger charge is 2.19. The molecule has 1 aromatic carbocycles. The summed E-state index contributed by atoms with van der Waals surface area (Å²) < 4.78 is 0.826. The van der Waals surface area contributed by atoms with E-state index in [1.165, 1.54) is 24.0 Å². The summed E-state index contributed by atoms with van der Waals surface area (Å²) in [6, 6.07) is 11.0. The standard InChI is InChI=1S/C15H16BrN3/c1-10-17-14(16)9-15(18-10)19-13-8-4-6-11-5-2-3-7-12(11)13/h2-3,5,7,9,13H,4,6,8H2,1H3,(H,17,18,19). The topological polar surface area (TPSA) is 37.8 Å². The van der Waals surface area contributed by atoms with Crippen LogP contribution in [0.2, 0.25) is 0 Å². The number of anilines is 1. The van der Waals surface area contributed by atoms with E-state index < -0.39 is 0 Å². The van der Waals surface area contributed by atoms with Gasteiger partial charge in [-0.05, 0) is 53.2 Å². The van der Waals surface area contributed by atoms with Gasteiger partial charge in [0.05, 0.1) is 6.04 Å². The predicted octanol–water partition coefficient (Wildman–Crippen LogP) is 4.04. The molecule has 98 valence electrons. The Labute approximate surface area is 121 Å². The van der Waals surface area contributed by atoms with Crippen LogP contribution in [0.5, 0.6) is 0 Å². The van der Waals surface area contributed by atoms with Gasteiger partial charge in [-0.15, -0.1) is 0 Å². The van der Waals surface area contributed by atoms with Crippen molar-refractivity contribution >= 4 is 21.7 Å². The normalized spacial score (nSPS) is 17.9. The second-order valence-corrected chi connectivity index (χ2v) is 5.72. The van der Waals surface area contributed by atoms with E-state index in [1.807, 2.05) is 13.0 Å². The second-order valence-electron chi connectivity index (χ2n) is 4.91. The van der Waals surface area contributed by atoms with Gasteiger partial charge in [-0.1, -0.05) is 24.3 Å². The first-order chi connectivity index (χ1) is 9.22. The molecule has 4 heteroatoms. The van der Waals surface area contributed by atoms with Crippen molar-refractivity contribution in [1.29, 1.82) is 0 Å². The van der Waals surface area contributed by atoms with Gasteiger partial charge in [-0.2, -0.15) is 0 Å². The molecule has 0 saturated carbocycles. The Balaban J connectivity index is 1.88. The van der Waals surface area contributed by atoms with Gasteiger partial charge in [0.25, 0.3) is 0 Å². The molecular formula is C15H16BrN3. The second kappa shape index (κ2) is 5.29. The van der Waals surface area contributed by atoms with E-state index in [2.05, 4.69) is 55.5 Å². The van der Waals surface area contributed by atoms with Crippen LogP contribution in [0.15, 0.2) is 34.9 Å². The molecule has 1 atom stereocenters. The summed E-state index contributed by atoms with van der Waals surface area (Å²) in [5, 5.41) is 3.54. The van der Waals surface area contributed by atoms with E-state index >= 15 is 0 Å². The highest BCUT2D eigenvalue weighted by atomic mass is 79.9. The fourth-order valence-electron chi connectivity index (χ4n) is 2.69. The van der Waals surface area contributed by atoms with Crippen LogP contribution in [-0.2, 0) is 6.42 Å². The lowest BCUT2D eigenvalue weighted by Gasteiger charge is -2.26. The van der Waals surface area contributed by atoms with Crippen molar-refractivity contribution < 1.29 is 0 Å². The van der Waals surface area contributed by atoms with Crippen molar-refractivity contribution in [2.75, 3.05) is 5.32 Å². The van der Waals surface area contributed by atoms with E-state index in [0.29, 0.717) is 6.04 Å². The number of nitrogens with zero attached hydrogens (tertiary/aromatic N) is 2. The first kappa shape index (κ1) is 12.6. The summed E-state index contributed by atoms with van der Waals surface area (Å²) in [5.41, 5.74) is 2.86. The van der Waals surface area contributed by atoms with Crippen LogP contribution >= 0.6 is 15.9 Å². The Hall–Kier alpha value is -1.42. The lowest BCUT2D eigenvalue weighted by molar-refractivity contribution is 0.598. The Morgan fingerprint density at radius 1 is 1.26 bits per heavy atom. The molecule has 0 spiro atoms. The number of nitrogens with one attached hydrogen (secondary N) is 1. The molecule has 0 amide bonds. The molecule has 3 rings (SSSR count). The van der Waals surface area contributed by atoms with Crippen molar-refractivity contribution in [2.45, 2.75) is 32.2 Å². The molecule has 1 aromatic heterocycles. The van der Waals surface area contributed by atoms with Crippen LogP contribution in [0.1, 0.15) is 35.8 Å². The smallest absolute Gasteiger partial charge is 0.131 e. The fourth-order valence-corrected chi connectivity index (χ4v) is 3.16. The van der Waals surface area contributed by atoms with Crippen molar-refractivity contribution in [3.8, 4) is 0 Å². The van der Waals surface area contributed by atoms with Crippen molar-refractivity contribution in [3.63, 3.8) is 0 Å². The van der Waals surface area contributed by atoms with Gasteiger partial charge in [-0.3, -0.25) is 0 Å². The molecule has 0 radical (unpaired) electrons. The molecule has 0 aliphatic heterocycles. The number of benzene rings is 1. The zero-order valence-electron chi connectivity index (χ0n) is 10.9. The van der Waals surface area contributed by atoms with Gasteiger partial charge >= 0.3 is 0 Å². The van der Waals surface area contributed by atoms with E-state index in [1.54, 1.807) is 0 Å². The maximum atomic E-state index is 4.45. The van der Waals surface area contributed by atoms with Crippen LogP contribution in [-0.4, -0.2) is 9.97 Å². The lowest BCUT2D eigenvalue weighted by Crippen LogP contribution is -2.18. The van der Waals surface area contributed by atoms with E-state index in [-0.39, 0.29) is 0 Å². The molecule has 3 nitrogen and oxygen atoms in total. The average molecular weight is 318 g/mol. The van der Waals surface area contributed by atoms with E-state index in [4.69, 9.17) is 0 Å². The average Bonchev–Trinajstić information content (AvgIpc) is 2.38. The highest BCUT2D eigenvalue weighted by molar-refractivity contribution is 9.10. The minimum absolute atomic E-state index is 0.353. The summed E-state index contributed by atoms with van der Waals surface area (Å²) in [4.78, 5) is 8.69. The quantitative estimate of drug-likeness (QED) is 0.849. The first-order valence-corrected chi connectivity index (χ1v) is 7.37. The zero-order chi connectivity index (χ0) is 13.2. The number of hydrogen-bond acceptors (Lipinski definition) is 3. The van der Waals surface area contributed by atoms with Gasteiger partial charge in [0.15, 0.2) is 0 Å². The fraction of sp³-hybridized carbons (Fsp3) is 0.333. The molecule has 1 heterocycles. The molecule has 0 bridgehead atoms. The molecular weight excluding hydrogens is 302 g/mol. The van der Waals surface area contributed by atoms with Crippen LogP contribution in [0.25, 0.3) is 0 Å². The number of rotatable bonds is 2. The Morgan fingerprint density at radius 2 is 2.11 bits per heavy atom. The Bertz CT molecular complexity index is 577. The molecule has 1 unspecified atom stereocenters. The summed E-state index contributed by atoms with van der Waals surface area (Å²) in [6.45, 7) is 1.91. The number of fused-ring (bicyclic) bond motifs is 1. The van der Waals surface area contributed by atoms with Crippen LogP contribution in [0.3, 0.4) is 0 Å². The number of halogens is 1. The van der Waals surface area contributed by atoms with Crippen molar-refractivity contribution in [2.24, 2.45) is 0 Å². The number of hydrogen-bond donors (Lipinski definition) is 1. The molecule has 1 aliphatic carbocycles.